The standard InChI is InChI=1S/C27H27F4N7O/c1-15-8-18(6-7-22(15)28)23(17-4-5-17)34-25(39)20-10-16(12-38-14-33-37(3)26(38)32)9-19(11-20)21-13-36(2)35-24(21)27(29,30)31/h6-11,13-14,17,23,32H,4-5,12H2,1-3H3,(H,34,39). The van der Waals surface area contributed by atoms with E-state index in [0.29, 0.717) is 11.1 Å². The van der Waals surface area contributed by atoms with Crippen LogP contribution in [0.1, 0.15) is 51.6 Å². The molecule has 12 heteroatoms. The Hall–Kier alpha value is -4.22. The topological polar surface area (TPSA) is 93.5 Å². The molecule has 1 saturated carbocycles. The summed E-state index contributed by atoms with van der Waals surface area (Å²) in [4.78, 5) is 13.6. The first kappa shape index (κ1) is 26.4. The van der Waals surface area contributed by atoms with Crippen LogP contribution in [-0.4, -0.2) is 30.0 Å². The van der Waals surface area contributed by atoms with E-state index in [9.17, 15) is 22.4 Å². The van der Waals surface area contributed by atoms with Crippen molar-refractivity contribution in [1.82, 2.24) is 29.4 Å². The minimum atomic E-state index is -4.70. The van der Waals surface area contributed by atoms with E-state index >= 15 is 0 Å². The molecule has 2 heterocycles. The molecule has 1 unspecified atom stereocenters. The van der Waals surface area contributed by atoms with E-state index in [-0.39, 0.29) is 46.6 Å². The maximum Gasteiger partial charge on any atom is 0.435 e. The van der Waals surface area contributed by atoms with Gasteiger partial charge in [-0.05, 0) is 72.2 Å². The zero-order valence-electron chi connectivity index (χ0n) is 21.6. The molecule has 1 aliphatic carbocycles. The summed E-state index contributed by atoms with van der Waals surface area (Å²) in [5.41, 5.74) is 0.975. The highest BCUT2D eigenvalue weighted by Crippen LogP contribution is 2.42. The van der Waals surface area contributed by atoms with E-state index in [1.54, 1.807) is 38.2 Å². The molecule has 5 rings (SSSR count). The Kier molecular flexibility index (Phi) is 6.65. The van der Waals surface area contributed by atoms with Crippen LogP contribution < -0.4 is 10.9 Å². The first-order valence-corrected chi connectivity index (χ1v) is 12.4. The third kappa shape index (κ3) is 5.50. The molecule has 1 atom stereocenters. The summed E-state index contributed by atoms with van der Waals surface area (Å²) < 4.78 is 59.3. The number of carbonyl (C=O) groups excluding carboxylic acids is 1. The van der Waals surface area contributed by atoms with E-state index in [1.165, 1.54) is 41.0 Å². The highest BCUT2D eigenvalue weighted by Gasteiger charge is 2.38. The van der Waals surface area contributed by atoms with Crippen molar-refractivity contribution in [3.8, 4) is 11.1 Å². The van der Waals surface area contributed by atoms with E-state index in [4.69, 9.17) is 5.41 Å². The summed E-state index contributed by atoms with van der Waals surface area (Å²) in [6.07, 6.45) is -0.174. The van der Waals surface area contributed by atoms with Crippen molar-refractivity contribution in [2.75, 3.05) is 0 Å². The maximum atomic E-state index is 13.9. The number of aryl methyl sites for hydroxylation is 3. The second kappa shape index (κ2) is 9.83. The zero-order valence-corrected chi connectivity index (χ0v) is 21.6. The van der Waals surface area contributed by atoms with Gasteiger partial charge in [0.15, 0.2) is 5.69 Å². The quantitative estimate of drug-likeness (QED) is 0.338. The van der Waals surface area contributed by atoms with Gasteiger partial charge in [-0.25, -0.2) is 9.07 Å². The average molecular weight is 542 g/mol. The molecular formula is C27H27F4N7O. The van der Waals surface area contributed by atoms with Gasteiger partial charge < -0.3 is 5.32 Å². The predicted molar refractivity (Wildman–Crippen MR) is 134 cm³/mol. The van der Waals surface area contributed by atoms with Crippen LogP contribution in [0.3, 0.4) is 0 Å². The van der Waals surface area contributed by atoms with Crippen molar-refractivity contribution >= 4 is 5.91 Å². The number of alkyl halides is 3. The lowest BCUT2D eigenvalue weighted by Gasteiger charge is -2.20. The predicted octanol–water partition coefficient (Wildman–Crippen LogP) is 4.50. The van der Waals surface area contributed by atoms with E-state index in [0.717, 1.165) is 23.1 Å². The molecule has 8 nitrogen and oxygen atoms in total. The van der Waals surface area contributed by atoms with Gasteiger partial charge in [-0.3, -0.25) is 19.5 Å². The number of rotatable bonds is 7. The largest absolute Gasteiger partial charge is 0.435 e. The van der Waals surface area contributed by atoms with Gasteiger partial charge in [0.05, 0.1) is 12.6 Å². The summed E-state index contributed by atoms with van der Waals surface area (Å²) >= 11 is 0. The van der Waals surface area contributed by atoms with Crippen LogP contribution in [-0.2, 0) is 26.8 Å². The SMILES string of the molecule is Cc1cc(C(NC(=O)c2cc(Cn3cnn(C)c3=N)cc(-c3cn(C)nc3C(F)(F)F)c2)C2CC2)ccc1F. The normalized spacial score (nSPS) is 14.4. The first-order chi connectivity index (χ1) is 18.4. The molecule has 0 aliphatic heterocycles. The minimum Gasteiger partial charge on any atom is -0.345 e. The molecule has 2 aromatic heterocycles. The average Bonchev–Trinajstić information content (AvgIpc) is 3.57. The molecule has 1 amide bonds. The smallest absolute Gasteiger partial charge is 0.345 e. The number of benzene rings is 2. The molecule has 0 radical (unpaired) electrons. The Morgan fingerprint density at radius 3 is 2.54 bits per heavy atom. The second-order valence-corrected chi connectivity index (χ2v) is 9.98. The van der Waals surface area contributed by atoms with Crippen molar-refractivity contribution < 1.29 is 22.4 Å². The van der Waals surface area contributed by atoms with Crippen molar-refractivity contribution in [3.05, 3.63) is 88.3 Å². The Morgan fingerprint density at radius 1 is 1.18 bits per heavy atom. The summed E-state index contributed by atoms with van der Waals surface area (Å²) in [6, 6.07) is 8.94. The lowest BCUT2D eigenvalue weighted by Crippen LogP contribution is -2.30. The summed E-state index contributed by atoms with van der Waals surface area (Å²) in [6.45, 7) is 1.77. The molecular weight excluding hydrogens is 514 g/mol. The van der Waals surface area contributed by atoms with Crippen LogP contribution >= 0.6 is 0 Å². The molecule has 1 fully saturated rings. The monoisotopic (exact) mass is 541 g/mol. The molecule has 0 saturated heterocycles. The van der Waals surface area contributed by atoms with Crippen LogP contribution in [0, 0.1) is 24.1 Å². The van der Waals surface area contributed by atoms with E-state index in [1.807, 2.05) is 0 Å². The van der Waals surface area contributed by atoms with Crippen LogP contribution in [0.2, 0.25) is 0 Å². The van der Waals surface area contributed by atoms with Crippen LogP contribution in [0.5, 0.6) is 0 Å². The fraction of sp³-hybridized carbons (Fsp3) is 0.333. The molecule has 0 bridgehead atoms. The summed E-state index contributed by atoms with van der Waals surface area (Å²) in [5, 5.41) is 18.8. The van der Waals surface area contributed by atoms with Gasteiger partial charge in [-0.15, -0.1) is 0 Å². The number of aromatic nitrogens is 5. The molecule has 0 spiro atoms. The number of hydrogen-bond donors (Lipinski definition) is 2. The number of halogens is 4. The summed E-state index contributed by atoms with van der Waals surface area (Å²) in [7, 11) is 3.01. The van der Waals surface area contributed by atoms with Crippen molar-refractivity contribution in [2.24, 2.45) is 20.0 Å². The van der Waals surface area contributed by atoms with Crippen molar-refractivity contribution in [2.45, 2.75) is 38.5 Å². The van der Waals surface area contributed by atoms with Gasteiger partial charge >= 0.3 is 6.18 Å². The molecule has 2 aromatic carbocycles. The van der Waals surface area contributed by atoms with Crippen molar-refractivity contribution in [1.29, 1.82) is 5.41 Å². The highest BCUT2D eigenvalue weighted by molar-refractivity contribution is 5.96. The first-order valence-electron chi connectivity index (χ1n) is 12.4. The fourth-order valence-electron chi connectivity index (χ4n) is 4.72. The van der Waals surface area contributed by atoms with Gasteiger partial charge in [0.2, 0.25) is 5.62 Å². The van der Waals surface area contributed by atoms with Crippen molar-refractivity contribution in [3.63, 3.8) is 0 Å². The summed E-state index contributed by atoms with van der Waals surface area (Å²) in [5.74, 6) is -0.610. The highest BCUT2D eigenvalue weighted by atomic mass is 19.4. The van der Waals surface area contributed by atoms with Gasteiger partial charge in [0, 0.05) is 31.4 Å². The molecule has 4 aromatic rings. The third-order valence-corrected chi connectivity index (χ3v) is 6.88. The minimum absolute atomic E-state index is 0.0873. The molecule has 204 valence electrons. The van der Waals surface area contributed by atoms with Crippen LogP contribution in [0.15, 0.2) is 48.9 Å². The van der Waals surface area contributed by atoms with E-state index in [2.05, 4.69) is 15.5 Å². The second-order valence-electron chi connectivity index (χ2n) is 9.98. The number of nitrogens with zero attached hydrogens (tertiary/aromatic N) is 5. The molecule has 1 aliphatic rings. The lowest BCUT2D eigenvalue weighted by molar-refractivity contribution is -0.140. The third-order valence-electron chi connectivity index (χ3n) is 6.88. The number of nitrogens with one attached hydrogen (secondary N) is 2. The Morgan fingerprint density at radius 2 is 1.92 bits per heavy atom. The van der Waals surface area contributed by atoms with Gasteiger partial charge in [0.25, 0.3) is 5.91 Å². The molecule has 39 heavy (non-hydrogen) atoms. The maximum absolute atomic E-state index is 13.9. The number of carbonyl (C=O) groups is 1. The lowest BCUT2D eigenvalue weighted by atomic mass is 9.97. The van der Waals surface area contributed by atoms with Crippen LogP contribution in [0.4, 0.5) is 17.6 Å². The number of amides is 1. The zero-order chi connectivity index (χ0) is 28.1. The van der Waals surface area contributed by atoms with Gasteiger partial charge in [-0.2, -0.15) is 23.4 Å². The number of hydrogen-bond acceptors (Lipinski definition) is 4. The van der Waals surface area contributed by atoms with E-state index < -0.39 is 17.8 Å². The Bertz CT molecular complexity index is 1610. The van der Waals surface area contributed by atoms with Crippen LogP contribution in [0.25, 0.3) is 11.1 Å². The molecule has 2 N–H and O–H groups in total. The Balaban J connectivity index is 1.56. The van der Waals surface area contributed by atoms with Gasteiger partial charge in [-0.1, -0.05) is 12.1 Å². The Labute approximate surface area is 221 Å². The fourth-order valence-corrected chi connectivity index (χ4v) is 4.72. The van der Waals surface area contributed by atoms with Gasteiger partial charge in [0.1, 0.15) is 12.1 Å².